The third kappa shape index (κ3) is 4.30. The van der Waals surface area contributed by atoms with Crippen molar-refractivity contribution in [3.8, 4) is 22.9 Å². The summed E-state index contributed by atoms with van der Waals surface area (Å²) in [6, 6.07) is 37.6. The molecule has 0 saturated carbocycles. The largest absolute Gasteiger partial charge is 0.422 e. The third-order valence-electron chi connectivity index (χ3n) is 6.88. The van der Waals surface area contributed by atoms with Gasteiger partial charge in [-0.1, -0.05) is 78.9 Å². The highest BCUT2D eigenvalue weighted by molar-refractivity contribution is 6.03. The number of hydrazone groups is 1. The summed E-state index contributed by atoms with van der Waals surface area (Å²) < 4.78 is 11.3. The van der Waals surface area contributed by atoms with Crippen LogP contribution in [0.15, 0.2) is 134 Å². The molecule has 188 valence electrons. The molecule has 39 heavy (non-hydrogen) atoms. The van der Waals surface area contributed by atoms with Crippen molar-refractivity contribution in [3.05, 3.63) is 137 Å². The summed E-state index contributed by atoms with van der Waals surface area (Å²) in [4.78, 5) is 12.5. The smallest absolute Gasteiger partial charge is 0.349 e. The second-order valence-corrected chi connectivity index (χ2v) is 9.33. The van der Waals surface area contributed by atoms with Crippen LogP contribution in [-0.4, -0.2) is 15.9 Å². The molecule has 7 nitrogen and oxygen atoms in total. The molecule has 7 rings (SSSR count). The van der Waals surface area contributed by atoms with Gasteiger partial charge in [0.15, 0.2) is 0 Å². The van der Waals surface area contributed by atoms with Crippen molar-refractivity contribution in [1.29, 1.82) is 0 Å². The van der Waals surface area contributed by atoms with Crippen LogP contribution in [0.1, 0.15) is 23.6 Å². The molecule has 1 atom stereocenters. The summed E-state index contributed by atoms with van der Waals surface area (Å²) in [5.41, 5.74) is 5.28. The average Bonchev–Trinajstić information content (AvgIpc) is 3.66. The Kier molecular flexibility index (Phi) is 5.59. The van der Waals surface area contributed by atoms with E-state index in [0.29, 0.717) is 11.5 Å². The minimum atomic E-state index is -0.521. The van der Waals surface area contributed by atoms with Crippen LogP contribution in [0.4, 0.5) is 5.69 Å². The number of anilines is 1. The zero-order chi connectivity index (χ0) is 26.2. The Morgan fingerprint density at radius 1 is 0.692 bits per heavy atom. The van der Waals surface area contributed by atoms with E-state index in [4.69, 9.17) is 13.9 Å². The molecule has 0 amide bonds. The van der Waals surface area contributed by atoms with Crippen molar-refractivity contribution in [2.24, 2.45) is 5.10 Å². The zero-order valence-electron chi connectivity index (χ0n) is 20.8. The Bertz CT molecular complexity index is 1860. The van der Waals surface area contributed by atoms with Crippen molar-refractivity contribution >= 4 is 22.4 Å². The molecular weight excluding hydrogens is 488 g/mol. The van der Waals surface area contributed by atoms with Crippen LogP contribution in [0.5, 0.6) is 0 Å². The fraction of sp³-hybridized carbons (Fsp3) is 0.0625. The molecule has 0 spiro atoms. The molecule has 1 aliphatic rings. The van der Waals surface area contributed by atoms with E-state index in [2.05, 4.69) is 51.6 Å². The van der Waals surface area contributed by atoms with Gasteiger partial charge in [0.2, 0.25) is 5.89 Å². The van der Waals surface area contributed by atoms with Crippen molar-refractivity contribution in [2.75, 3.05) is 5.01 Å². The van der Waals surface area contributed by atoms with Gasteiger partial charge in [-0.2, -0.15) is 5.10 Å². The highest BCUT2D eigenvalue weighted by atomic mass is 16.4. The molecule has 1 aliphatic heterocycles. The first-order valence-corrected chi connectivity index (χ1v) is 12.7. The number of benzene rings is 4. The molecule has 0 fully saturated rings. The highest BCUT2D eigenvalue weighted by Gasteiger charge is 2.30. The van der Waals surface area contributed by atoms with Gasteiger partial charge in [0, 0.05) is 17.4 Å². The molecule has 0 radical (unpaired) electrons. The molecule has 6 aromatic rings. The van der Waals surface area contributed by atoms with Gasteiger partial charge in [0.1, 0.15) is 11.1 Å². The number of hydrogen-bond donors (Lipinski definition) is 0. The molecule has 0 bridgehead atoms. The summed E-state index contributed by atoms with van der Waals surface area (Å²) in [6.07, 6.45) is 0.803. The molecule has 1 unspecified atom stereocenters. The van der Waals surface area contributed by atoms with Gasteiger partial charge >= 0.3 is 5.63 Å². The second-order valence-electron chi connectivity index (χ2n) is 9.33. The van der Waals surface area contributed by atoms with E-state index < -0.39 is 5.63 Å². The maximum Gasteiger partial charge on any atom is 0.349 e. The predicted molar refractivity (Wildman–Crippen MR) is 150 cm³/mol. The lowest BCUT2D eigenvalue weighted by Gasteiger charge is -2.24. The number of nitrogens with zero attached hydrogens (tertiary/aromatic N) is 4. The topological polar surface area (TPSA) is 84.7 Å². The fourth-order valence-corrected chi connectivity index (χ4v) is 4.90. The quantitative estimate of drug-likeness (QED) is 0.235. The van der Waals surface area contributed by atoms with Crippen LogP contribution >= 0.6 is 0 Å². The van der Waals surface area contributed by atoms with Crippen LogP contribution in [0.3, 0.4) is 0 Å². The summed E-state index contributed by atoms with van der Waals surface area (Å²) in [7, 11) is 0. The Balaban J connectivity index is 1.20. The zero-order valence-corrected chi connectivity index (χ0v) is 20.8. The number of rotatable bonds is 5. The molecule has 3 heterocycles. The number of fused-ring (bicyclic) bond motifs is 1. The maximum atomic E-state index is 12.5. The van der Waals surface area contributed by atoms with E-state index in [-0.39, 0.29) is 17.5 Å². The van der Waals surface area contributed by atoms with Gasteiger partial charge in [-0.25, -0.2) is 4.79 Å². The van der Waals surface area contributed by atoms with Crippen LogP contribution in [0.25, 0.3) is 33.9 Å². The normalized spacial score (nSPS) is 15.0. The first-order chi connectivity index (χ1) is 19.2. The van der Waals surface area contributed by atoms with E-state index in [1.807, 2.05) is 66.7 Å². The molecule has 0 N–H and O–H groups in total. The van der Waals surface area contributed by atoms with E-state index in [1.54, 1.807) is 12.1 Å². The lowest BCUT2D eigenvalue weighted by molar-refractivity contribution is 0.547. The van der Waals surface area contributed by atoms with Crippen LogP contribution in [-0.2, 0) is 0 Å². The Morgan fingerprint density at radius 2 is 1.38 bits per heavy atom. The first-order valence-electron chi connectivity index (χ1n) is 12.7. The van der Waals surface area contributed by atoms with E-state index in [9.17, 15) is 4.79 Å². The third-order valence-corrected chi connectivity index (χ3v) is 6.88. The van der Waals surface area contributed by atoms with Gasteiger partial charge < -0.3 is 8.83 Å². The van der Waals surface area contributed by atoms with Gasteiger partial charge in [-0.15, -0.1) is 10.2 Å². The van der Waals surface area contributed by atoms with Crippen molar-refractivity contribution in [3.63, 3.8) is 0 Å². The monoisotopic (exact) mass is 510 g/mol. The summed E-state index contributed by atoms with van der Waals surface area (Å²) in [6.45, 7) is 0. The summed E-state index contributed by atoms with van der Waals surface area (Å²) in [5, 5.41) is 16.2. The predicted octanol–water partition coefficient (Wildman–Crippen LogP) is 6.87. The Labute approximate surface area is 223 Å². The summed E-state index contributed by atoms with van der Waals surface area (Å²) >= 11 is 0. The molecular formula is C32H22N4O3. The Morgan fingerprint density at radius 3 is 2.18 bits per heavy atom. The molecule has 0 aliphatic carbocycles. The minimum absolute atomic E-state index is 0.0781. The first kappa shape index (κ1) is 22.9. The SMILES string of the molecule is O=c1oc2ccccc2cc1-c1nnc(-c2ccc(N3N=C(c4ccccc4)CC3c3ccccc3)cc2)o1. The lowest BCUT2D eigenvalue weighted by atomic mass is 9.98. The number of aromatic nitrogens is 2. The van der Waals surface area contributed by atoms with Crippen molar-refractivity contribution in [2.45, 2.75) is 12.5 Å². The Hall–Kier alpha value is -5.30. The number of hydrogen-bond acceptors (Lipinski definition) is 7. The average molecular weight is 511 g/mol. The van der Waals surface area contributed by atoms with E-state index in [1.165, 1.54) is 5.56 Å². The van der Waals surface area contributed by atoms with Crippen LogP contribution in [0.2, 0.25) is 0 Å². The molecule has 0 saturated heterocycles. The van der Waals surface area contributed by atoms with Gasteiger partial charge in [0.25, 0.3) is 5.89 Å². The maximum absolute atomic E-state index is 12.5. The molecule has 4 aromatic carbocycles. The minimum Gasteiger partial charge on any atom is -0.422 e. The van der Waals surface area contributed by atoms with E-state index >= 15 is 0 Å². The standard InChI is InChI=1S/C32H22N4O3/c37-32-26(19-24-13-7-8-14-29(24)38-32)31-34-33-30(39-31)23-15-17-25(18-16-23)36-28(22-11-5-2-6-12-22)20-27(35-36)21-9-3-1-4-10-21/h1-19,28H,20H2. The van der Waals surface area contributed by atoms with Gasteiger partial charge in [-0.3, -0.25) is 5.01 Å². The molecule has 7 heteroatoms. The van der Waals surface area contributed by atoms with Gasteiger partial charge in [-0.05, 0) is 47.5 Å². The van der Waals surface area contributed by atoms with Crippen LogP contribution < -0.4 is 10.6 Å². The van der Waals surface area contributed by atoms with Crippen molar-refractivity contribution in [1.82, 2.24) is 10.2 Å². The van der Waals surface area contributed by atoms with Crippen LogP contribution in [0, 0.1) is 0 Å². The second kappa shape index (κ2) is 9.54. The van der Waals surface area contributed by atoms with Gasteiger partial charge in [0.05, 0.1) is 17.4 Å². The molecule has 2 aromatic heterocycles. The van der Waals surface area contributed by atoms with E-state index in [0.717, 1.165) is 34.3 Å². The number of para-hydroxylation sites is 1. The van der Waals surface area contributed by atoms with Crippen molar-refractivity contribution < 1.29 is 8.83 Å². The highest BCUT2D eigenvalue weighted by Crippen LogP contribution is 2.37. The fourth-order valence-electron chi connectivity index (χ4n) is 4.90. The lowest BCUT2D eigenvalue weighted by Crippen LogP contribution is -2.18. The summed E-state index contributed by atoms with van der Waals surface area (Å²) in [5.74, 6) is 0.438.